The Kier molecular flexibility index (Phi) is 7.63. The molecule has 1 aliphatic rings. The van der Waals surface area contributed by atoms with Crippen LogP contribution in [0.5, 0.6) is 0 Å². The second kappa shape index (κ2) is 9.29. The van der Waals surface area contributed by atoms with Crippen molar-refractivity contribution in [2.45, 2.75) is 46.0 Å². The van der Waals surface area contributed by atoms with E-state index in [2.05, 4.69) is 0 Å². The van der Waals surface area contributed by atoms with Gasteiger partial charge in [-0.3, -0.25) is 9.59 Å². The van der Waals surface area contributed by atoms with Crippen LogP contribution < -0.4 is 0 Å². The molecule has 3 heteroatoms. The van der Waals surface area contributed by atoms with Gasteiger partial charge in [-0.05, 0) is 51.5 Å². The van der Waals surface area contributed by atoms with E-state index in [1.165, 1.54) is 12.0 Å². The molecule has 1 saturated heterocycles. The predicted molar refractivity (Wildman–Crippen MR) is 82.4 cm³/mol. The lowest BCUT2D eigenvalue weighted by Gasteiger charge is -2.25. The molecule has 1 fully saturated rings. The zero-order valence-electron chi connectivity index (χ0n) is 12.6. The molecule has 0 N–H and O–H groups in total. The van der Waals surface area contributed by atoms with E-state index < -0.39 is 0 Å². The van der Waals surface area contributed by atoms with Gasteiger partial charge < -0.3 is 4.90 Å². The summed E-state index contributed by atoms with van der Waals surface area (Å²) in [6, 6.07) is 0. The molecular weight excluding hydrogens is 250 g/mol. The molecule has 0 aromatic carbocycles. The van der Waals surface area contributed by atoms with Crippen LogP contribution in [0.3, 0.4) is 0 Å². The number of allylic oxidation sites excluding steroid dienone is 5. The van der Waals surface area contributed by atoms with E-state index in [0.717, 1.165) is 50.6 Å². The summed E-state index contributed by atoms with van der Waals surface area (Å²) in [5.41, 5.74) is 1.98. The first kappa shape index (κ1) is 16.4. The molecule has 0 aliphatic carbocycles. The first-order chi connectivity index (χ1) is 9.63. The first-order valence-corrected chi connectivity index (χ1v) is 7.38. The molecule has 1 amide bonds. The zero-order chi connectivity index (χ0) is 14.8. The molecular formula is C17H25NO2. The molecule has 0 unspecified atom stereocenters. The highest BCUT2D eigenvalue weighted by Gasteiger charge is 2.13. The molecule has 0 saturated carbocycles. The third kappa shape index (κ3) is 6.50. The van der Waals surface area contributed by atoms with Gasteiger partial charge in [0, 0.05) is 19.2 Å². The van der Waals surface area contributed by atoms with E-state index in [9.17, 15) is 9.59 Å². The van der Waals surface area contributed by atoms with E-state index >= 15 is 0 Å². The number of hydrogen-bond acceptors (Lipinski definition) is 2. The molecule has 0 atom stereocenters. The third-order valence-electron chi connectivity index (χ3n) is 3.48. The van der Waals surface area contributed by atoms with Gasteiger partial charge in [-0.25, -0.2) is 0 Å². The Morgan fingerprint density at radius 2 is 1.85 bits per heavy atom. The number of nitrogens with zero attached hydrogens (tertiary/aromatic N) is 1. The summed E-state index contributed by atoms with van der Waals surface area (Å²) in [4.78, 5) is 24.2. The molecule has 0 spiro atoms. The van der Waals surface area contributed by atoms with Gasteiger partial charge in [-0.1, -0.05) is 23.8 Å². The smallest absolute Gasteiger partial charge is 0.246 e. The maximum atomic E-state index is 11.9. The maximum Gasteiger partial charge on any atom is 0.246 e. The first-order valence-electron chi connectivity index (χ1n) is 7.38. The molecule has 0 aromatic heterocycles. The number of amides is 1. The Hall–Kier alpha value is -1.64. The lowest BCUT2D eigenvalue weighted by Crippen LogP contribution is -2.34. The average Bonchev–Trinajstić information content (AvgIpc) is 2.47. The van der Waals surface area contributed by atoms with Crippen LogP contribution in [0, 0.1) is 0 Å². The van der Waals surface area contributed by atoms with Crippen molar-refractivity contribution in [3.63, 3.8) is 0 Å². The quantitative estimate of drug-likeness (QED) is 0.423. The summed E-state index contributed by atoms with van der Waals surface area (Å²) >= 11 is 0. The standard InChI is InChI=1S/C17H25NO2/c1-15(8-6-10-16(2)14-19)9-7-11-17(20)18-12-4-3-5-13-18/h7,9-11,14H,3-6,8,12-13H2,1-2H3/b11-7+,15-9+,16-10+. The minimum atomic E-state index is 0.116. The number of carbonyl (C=O) groups excluding carboxylic acids is 2. The molecule has 1 aliphatic heterocycles. The molecule has 3 nitrogen and oxygen atoms in total. The molecule has 0 aromatic rings. The van der Waals surface area contributed by atoms with Gasteiger partial charge >= 0.3 is 0 Å². The minimum absolute atomic E-state index is 0.116. The van der Waals surface area contributed by atoms with Crippen LogP contribution in [0.4, 0.5) is 0 Å². The topological polar surface area (TPSA) is 37.4 Å². The van der Waals surface area contributed by atoms with Gasteiger partial charge in [0.05, 0.1) is 0 Å². The van der Waals surface area contributed by atoms with Crippen molar-refractivity contribution in [2.75, 3.05) is 13.1 Å². The summed E-state index contributed by atoms with van der Waals surface area (Å²) in [7, 11) is 0. The predicted octanol–water partition coefficient (Wildman–Crippen LogP) is 3.43. The second-order valence-electron chi connectivity index (χ2n) is 5.36. The third-order valence-corrected chi connectivity index (χ3v) is 3.48. The van der Waals surface area contributed by atoms with Gasteiger partial charge in [-0.15, -0.1) is 0 Å². The number of piperidine rings is 1. The number of likely N-dealkylation sites (tertiary alicyclic amines) is 1. The van der Waals surface area contributed by atoms with Crippen LogP contribution in [0.15, 0.2) is 35.5 Å². The van der Waals surface area contributed by atoms with Crippen molar-refractivity contribution >= 4 is 12.2 Å². The monoisotopic (exact) mass is 275 g/mol. The molecule has 1 heterocycles. The highest BCUT2D eigenvalue weighted by atomic mass is 16.2. The molecule has 20 heavy (non-hydrogen) atoms. The number of carbonyl (C=O) groups is 2. The van der Waals surface area contributed by atoms with Crippen molar-refractivity contribution in [3.8, 4) is 0 Å². The minimum Gasteiger partial charge on any atom is -0.339 e. The Bertz CT molecular complexity index is 413. The number of aldehydes is 1. The zero-order valence-corrected chi connectivity index (χ0v) is 12.6. The summed E-state index contributed by atoms with van der Waals surface area (Å²) in [5.74, 6) is 0.116. The van der Waals surface area contributed by atoms with Crippen LogP contribution in [-0.4, -0.2) is 30.2 Å². The van der Waals surface area contributed by atoms with Crippen LogP contribution in [0.2, 0.25) is 0 Å². The Morgan fingerprint density at radius 3 is 2.50 bits per heavy atom. The molecule has 1 rings (SSSR count). The van der Waals surface area contributed by atoms with E-state index in [-0.39, 0.29) is 5.91 Å². The summed E-state index contributed by atoms with van der Waals surface area (Å²) in [6.45, 7) is 5.63. The lowest BCUT2D eigenvalue weighted by molar-refractivity contribution is -0.126. The summed E-state index contributed by atoms with van der Waals surface area (Å²) in [5, 5.41) is 0. The molecule has 0 radical (unpaired) electrons. The van der Waals surface area contributed by atoms with Crippen LogP contribution in [-0.2, 0) is 9.59 Å². The van der Waals surface area contributed by atoms with Crippen molar-refractivity contribution in [1.82, 2.24) is 4.90 Å². The van der Waals surface area contributed by atoms with Gasteiger partial charge in [0.15, 0.2) is 0 Å². The van der Waals surface area contributed by atoms with E-state index in [1.54, 1.807) is 6.08 Å². The second-order valence-corrected chi connectivity index (χ2v) is 5.36. The fraction of sp³-hybridized carbons (Fsp3) is 0.529. The summed E-state index contributed by atoms with van der Waals surface area (Å²) < 4.78 is 0. The van der Waals surface area contributed by atoms with Gasteiger partial charge in [-0.2, -0.15) is 0 Å². The summed E-state index contributed by atoms with van der Waals surface area (Å²) in [6.07, 6.45) is 13.5. The van der Waals surface area contributed by atoms with Gasteiger partial charge in [0.1, 0.15) is 6.29 Å². The fourth-order valence-corrected chi connectivity index (χ4v) is 2.17. The highest BCUT2D eigenvalue weighted by Crippen LogP contribution is 2.10. The molecule has 0 bridgehead atoms. The fourth-order valence-electron chi connectivity index (χ4n) is 2.17. The average molecular weight is 275 g/mol. The van der Waals surface area contributed by atoms with Crippen LogP contribution in [0.25, 0.3) is 0 Å². The Labute approximate surface area is 122 Å². The maximum absolute atomic E-state index is 11.9. The number of rotatable bonds is 6. The van der Waals surface area contributed by atoms with Crippen LogP contribution >= 0.6 is 0 Å². The van der Waals surface area contributed by atoms with Crippen molar-refractivity contribution in [3.05, 3.63) is 35.5 Å². The van der Waals surface area contributed by atoms with Crippen molar-refractivity contribution in [2.24, 2.45) is 0 Å². The SMILES string of the molecule is C/C(C=O)=C\CC/C(C)=C/C=C/C(=O)N1CCCCC1. The highest BCUT2D eigenvalue weighted by molar-refractivity contribution is 5.87. The van der Waals surface area contributed by atoms with Crippen LogP contribution in [0.1, 0.15) is 46.0 Å². The normalized spacial score (nSPS) is 17.6. The van der Waals surface area contributed by atoms with Gasteiger partial charge in [0.25, 0.3) is 0 Å². The van der Waals surface area contributed by atoms with Gasteiger partial charge in [0.2, 0.25) is 5.91 Å². The van der Waals surface area contributed by atoms with Crippen molar-refractivity contribution < 1.29 is 9.59 Å². The largest absolute Gasteiger partial charge is 0.339 e. The Morgan fingerprint density at radius 1 is 1.15 bits per heavy atom. The number of hydrogen-bond donors (Lipinski definition) is 0. The van der Waals surface area contributed by atoms with E-state index in [4.69, 9.17) is 0 Å². The van der Waals surface area contributed by atoms with Crippen molar-refractivity contribution in [1.29, 1.82) is 0 Å². The lowest BCUT2D eigenvalue weighted by atomic mass is 10.1. The Balaban J connectivity index is 2.35. The van der Waals surface area contributed by atoms with E-state index in [0.29, 0.717) is 0 Å². The molecule has 110 valence electrons. The van der Waals surface area contributed by atoms with E-state index in [1.807, 2.05) is 37.0 Å².